The van der Waals surface area contributed by atoms with Crippen LogP contribution < -0.4 is 20.1 Å². The molecule has 1 atom stereocenters. The zero-order valence-corrected chi connectivity index (χ0v) is 17.9. The first-order valence-electron chi connectivity index (χ1n) is 10.8. The van der Waals surface area contributed by atoms with Gasteiger partial charge in [0, 0.05) is 31.7 Å². The zero-order chi connectivity index (χ0) is 21.6. The molecule has 0 unspecified atom stereocenters. The van der Waals surface area contributed by atoms with Gasteiger partial charge in [-0.2, -0.15) is 0 Å². The van der Waals surface area contributed by atoms with Crippen molar-refractivity contribution in [1.82, 2.24) is 10.2 Å². The largest absolute Gasteiger partial charge is 0.454 e. The van der Waals surface area contributed by atoms with Crippen molar-refractivity contribution in [2.75, 3.05) is 25.2 Å². The Labute approximate surface area is 182 Å². The fraction of sp³-hybridized carbons (Fsp3) is 0.417. The molecule has 0 radical (unpaired) electrons. The molecular formula is C24H29N3O4. The topological polar surface area (TPSA) is 79.9 Å². The number of rotatable bonds is 6. The van der Waals surface area contributed by atoms with Crippen LogP contribution in [0.4, 0.5) is 10.5 Å². The maximum absolute atomic E-state index is 12.6. The first-order valence-corrected chi connectivity index (χ1v) is 10.8. The third-order valence-electron chi connectivity index (χ3n) is 5.82. The van der Waals surface area contributed by atoms with Gasteiger partial charge in [-0.3, -0.25) is 4.79 Å². The number of fused-ring (bicyclic) bond motifs is 1. The van der Waals surface area contributed by atoms with Crippen LogP contribution in [0, 0.1) is 12.8 Å². The van der Waals surface area contributed by atoms with Crippen LogP contribution in [-0.2, 0) is 11.3 Å². The predicted molar refractivity (Wildman–Crippen MR) is 118 cm³/mol. The summed E-state index contributed by atoms with van der Waals surface area (Å²) in [5.41, 5.74) is 2.95. The number of carbonyl (C=O) groups excluding carboxylic acids is 2. The molecule has 3 amide bonds. The lowest BCUT2D eigenvalue weighted by atomic mass is 9.93. The van der Waals surface area contributed by atoms with Gasteiger partial charge in [0.15, 0.2) is 11.5 Å². The number of amides is 3. The van der Waals surface area contributed by atoms with Gasteiger partial charge in [0.05, 0.1) is 0 Å². The van der Waals surface area contributed by atoms with Gasteiger partial charge < -0.3 is 25.0 Å². The Balaban J connectivity index is 1.19. The van der Waals surface area contributed by atoms with E-state index in [2.05, 4.69) is 10.6 Å². The molecule has 31 heavy (non-hydrogen) atoms. The number of likely N-dealkylation sites (tertiary alicyclic amines) is 1. The lowest BCUT2D eigenvalue weighted by Crippen LogP contribution is -2.42. The second-order valence-corrected chi connectivity index (χ2v) is 8.25. The summed E-state index contributed by atoms with van der Waals surface area (Å²) in [6, 6.07) is 13.4. The molecule has 2 aromatic carbocycles. The molecule has 2 N–H and O–H groups in total. The fourth-order valence-corrected chi connectivity index (χ4v) is 4.00. The van der Waals surface area contributed by atoms with Crippen molar-refractivity contribution in [1.29, 1.82) is 0 Å². The molecule has 2 aliphatic heterocycles. The average molecular weight is 424 g/mol. The normalized spacial score (nSPS) is 17.3. The standard InChI is InChI=1S/C24H29N3O4/c1-17-4-8-20(9-5-17)26-24(29)27-12-2-3-18(15-27)7-11-23(28)25-14-19-6-10-21-22(13-19)31-16-30-21/h4-6,8-10,13,18H,2-3,7,11-12,14-16H2,1H3,(H,25,28)(H,26,29)/t18-/m0/s1. The first kappa shape index (κ1) is 21.0. The Bertz CT molecular complexity index is 929. The number of aryl methyl sites for hydroxylation is 1. The summed E-state index contributed by atoms with van der Waals surface area (Å²) in [7, 11) is 0. The number of hydrogen-bond donors (Lipinski definition) is 2. The van der Waals surface area contributed by atoms with Crippen LogP contribution in [0.1, 0.15) is 36.8 Å². The van der Waals surface area contributed by atoms with Crippen molar-refractivity contribution in [3.8, 4) is 11.5 Å². The molecule has 0 bridgehead atoms. The van der Waals surface area contributed by atoms with Crippen molar-refractivity contribution in [2.24, 2.45) is 5.92 Å². The molecule has 1 saturated heterocycles. The van der Waals surface area contributed by atoms with Gasteiger partial charge in [-0.15, -0.1) is 0 Å². The Morgan fingerprint density at radius 3 is 2.74 bits per heavy atom. The summed E-state index contributed by atoms with van der Waals surface area (Å²) in [5, 5.41) is 5.94. The van der Waals surface area contributed by atoms with Crippen LogP contribution >= 0.6 is 0 Å². The maximum atomic E-state index is 12.6. The molecule has 0 aliphatic carbocycles. The summed E-state index contributed by atoms with van der Waals surface area (Å²) in [4.78, 5) is 26.8. The van der Waals surface area contributed by atoms with Crippen LogP contribution in [0.5, 0.6) is 11.5 Å². The van der Waals surface area contributed by atoms with Crippen LogP contribution in [0.2, 0.25) is 0 Å². The van der Waals surface area contributed by atoms with E-state index in [1.165, 1.54) is 0 Å². The fourth-order valence-electron chi connectivity index (χ4n) is 4.00. The van der Waals surface area contributed by atoms with Crippen molar-refractivity contribution in [3.05, 3.63) is 53.6 Å². The van der Waals surface area contributed by atoms with Gasteiger partial charge >= 0.3 is 6.03 Å². The van der Waals surface area contributed by atoms with Crippen molar-refractivity contribution >= 4 is 17.6 Å². The van der Waals surface area contributed by atoms with Crippen molar-refractivity contribution in [3.63, 3.8) is 0 Å². The third kappa shape index (κ3) is 5.69. The molecule has 4 rings (SSSR count). The predicted octanol–water partition coefficient (Wildman–Crippen LogP) is 4.06. The molecule has 0 spiro atoms. The summed E-state index contributed by atoms with van der Waals surface area (Å²) in [6.45, 7) is 4.17. The number of urea groups is 1. The average Bonchev–Trinajstić information content (AvgIpc) is 3.26. The first-order chi connectivity index (χ1) is 15.1. The second kappa shape index (κ2) is 9.73. The maximum Gasteiger partial charge on any atom is 0.321 e. The van der Waals surface area contributed by atoms with Crippen molar-refractivity contribution < 1.29 is 19.1 Å². The Kier molecular flexibility index (Phi) is 6.60. The Morgan fingerprint density at radius 1 is 1.10 bits per heavy atom. The number of hydrogen-bond acceptors (Lipinski definition) is 4. The molecular weight excluding hydrogens is 394 g/mol. The molecule has 2 aliphatic rings. The summed E-state index contributed by atoms with van der Waals surface area (Å²) in [6.07, 6.45) is 3.25. The highest BCUT2D eigenvalue weighted by Gasteiger charge is 2.24. The highest BCUT2D eigenvalue weighted by Crippen LogP contribution is 2.32. The number of benzene rings is 2. The van der Waals surface area contributed by atoms with E-state index < -0.39 is 0 Å². The highest BCUT2D eigenvalue weighted by molar-refractivity contribution is 5.89. The quantitative estimate of drug-likeness (QED) is 0.734. The lowest BCUT2D eigenvalue weighted by Gasteiger charge is -2.32. The lowest BCUT2D eigenvalue weighted by molar-refractivity contribution is -0.121. The number of piperidine rings is 1. The molecule has 1 fully saturated rings. The minimum absolute atomic E-state index is 0.0268. The van der Waals surface area contributed by atoms with Crippen LogP contribution in [0.3, 0.4) is 0 Å². The van der Waals surface area contributed by atoms with Crippen LogP contribution in [0.15, 0.2) is 42.5 Å². The Hall–Kier alpha value is -3.22. The zero-order valence-electron chi connectivity index (χ0n) is 17.9. The molecule has 2 heterocycles. The summed E-state index contributed by atoms with van der Waals surface area (Å²) in [5.74, 6) is 1.83. The molecule has 7 heteroatoms. The van der Waals surface area contributed by atoms with Gasteiger partial charge in [-0.1, -0.05) is 23.8 Å². The third-order valence-corrected chi connectivity index (χ3v) is 5.82. The van der Waals surface area contributed by atoms with Gasteiger partial charge in [0.2, 0.25) is 12.7 Å². The van der Waals surface area contributed by atoms with E-state index in [1.54, 1.807) is 0 Å². The number of ether oxygens (including phenoxy) is 2. The number of nitrogens with one attached hydrogen (secondary N) is 2. The van der Waals surface area contributed by atoms with Gasteiger partial charge in [0.1, 0.15) is 0 Å². The summed E-state index contributed by atoms with van der Waals surface area (Å²) >= 11 is 0. The second-order valence-electron chi connectivity index (χ2n) is 8.25. The molecule has 0 aromatic heterocycles. The number of anilines is 1. The Morgan fingerprint density at radius 2 is 1.90 bits per heavy atom. The van der Waals surface area contributed by atoms with Crippen LogP contribution in [-0.4, -0.2) is 36.7 Å². The number of carbonyl (C=O) groups is 2. The van der Waals surface area contributed by atoms with E-state index in [-0.39, 0.29) is 18.7 Å². The van der Waals surface area contributed by atoms with E-state index in [4.69, 9.17) is 9.47 Å². The molecule has 0 saturated carbocycles. The molecule has 7 nitrogen and oxygen atoms in total. The van der Waals surface area contributed by atoms with E-state index in [0.29, 0.717) is 25.4 Å². The van der Waals surface area contributed by atoms with Crippen molar-refractivity contribution in [2.45, 2.75) is 39.2 Å². The smallest absolute Gasteiger partial charge is 0.321 e. The van der Waals surface area contributed by atoms with E-state index in [9.17, 15) is 9.59 Å². The highest BCUT2D eigenvalue weighted by atomic mass is 16.7. The van der Waals surface area contributed by atoms with E-state index >= 15 is 0 Å². The minimum atomic E-state index is -0.0687. The molecule has 2 aromatic rings. The van der Waals surface area contributed by atoms with Gasteiger partial charge in [-0.05, 0) is 61.9 Å². The minimum Gasteiger partial charge on any atom is -0.454 e. The van der Waals surface area contributed by atoms with E-state index in [1.807, 2.05) is 54.3 Å². The monoisotopic (exact) mass is 423 g/mol. The SMILES string of the molecule is Cc1ccc(NC(=O)N2CCC[C@@H](CCC(=O)NCc3ccc4c(c3)OCO4)C2)cc1. The van der Waals surface area contributed by atoms with Gasteiger partial charge in [-0.25, -0.2) is 4.79 Å². The van der Waals surface area contributed by atoms with Crippen LogP contribution in [0.25, 0.3) is 0 Å². The summed E-state index contributed by atoms with van der Waals surface area (Å²) < 4.78 is 10.7. The van der Waals surface area contributed by atoms with E-state index in [0.717, 1.165) is 54.1 Å². The molecule has 164 valence electrons. The van der Waals surface area contributed by atoms with Gasteiger partial charge in [0.25, 0.3) is 0 Å². The number of nitrogens with zero attached hydrogens (tertiary/aromatic N) is 1.